The van der Waals surface area contributed by atoms with Crippen molar-refractivity contribution in [3.8, 4) is 0 Å². The van der Waals surface area contributed by atoms with E-state index in [9.17, 15) is 31.1 Å². The van der Waals surface area contributed by atoms with Gasteiger partial charge in [0.2, 0.25) is 0 Å². The van der Waals surface area contributed by atoms with Gasteiger partial charge in [0, 0.05) is 18.0 Å². The molecule has 0 radical (unpaired) electrons. The Bertz CT molecular complexity index is 1530. The number of nitrogens with one attached hydrogen (secondary N) is 2. The van der Waals surface area contributed by atoms with Crippen LogP contribution in [0.2, 0.25) is 0 Å². The van der Waals surface area contributed by atoms with Gasteiger partial charge >= 0.3 is 18.0 Å². The second-order valence-corrected chi connectivity index (χ2v) is 11.0. The molecule has 1 atom stereocenters. The Hall–Kier alpha value is -3.90. The predicted molar refractivity (Wildman–Crippen MR) is 147 cm³/mol. The minimum atomic E-state index is -4.94. The summed E-state index contributed by atoms with van der Waals surface area (Å²) in [4.78, 5) is 16.5. The Morgan fingerprint density at radius 2 is 1.49 bits per heavy atom. The molecule has 1 aliphatic rings. The van der Waals surface area contributed by atoms with Crippen LogP contribution in [0.5, 0.6) is 0 Å². The van der Waals surface area contributed by atoms with E-state index in [0.29, 0.717) is 43.9 Å². The van der Waals surface area contributed by atoms with Gasteiger partial charge in [-0.1, -0.05) is 60.7 Å². The van der Waals surface area contributed by atoms with E-state index in [1.54, 1.807) is 0 Å². The smallest absolute Gasteiger partial charge is 0.373 e. The molecule has 0 amide bonds. The Labute approximate surface area is 243 Å². The fraction of sp³-hybridized carbons (Fsp3) is 0.355. The van der Waals surface area contributed by atoms with Crippen LogP contribution in [-0.4, -0.2) is 32.7 Å². The molecule has 1 aliphatic carbocycles. The average molecular weight is 605 g/mol. The summed E-state index contributed by atoms with van der Waals surface area (Å²) in [7, 11) is 0. The van der Waals surface area contributed by atoms with Crippen LogP contribution in [0.3, 0.4) is 0 Å². The zero-order valence-corrected chi connectivity index (χ0v) is 23.2. The van der Waals surface area contributed by atoms with Gasteiger partial charge in [-0.05, 0) is 54.7 Å². The van der Waals surface area contributed by atoms with Crippen molar-refractivity contribution in [3.63, 3.8) is 0 Å². The summed E-state index contributed by atoms with van der Waals surface area (Å²) in [6.45, 7) is 2.49. The lowest BCUT2D eigenvalue weighted by molar-refractivity contribution is -0.143. The van der Waals surface area contributed by atoms with Crippen LogP contribution in [0.25, 0.3) is 0 Å². The molecule has 0 bridgehead atoms. The highest BCUT2D eigenvalue weighted by Crippen LogP contribution is 2.48. The quantitative estimate of drug-likeness (QED) is 0.191. The molecule has 0 spiro atoms. The largest absolute Gasteiger partial charge is 0.416 e. The number of aromatic nitrogens is 3. The molecule has 1 saturated carbocycles. The van der Waals surface area contributed by atoms with Crippen molar-refractivity contribution < 1.29 is 31.1 Å². The number of rotatable bonds is 10. The van der Waals surface area contributed by atoms with E-state index in [2.05, 4.69) is 20.1 Å². The second kappa shape index (κ2) is 12.0. The number of ether oxygens (including phenoxy) is 1. The first-order chi connectivity index (χ1) is 20.3. The summed E-state index contributed by atoms with van der Waals surface area (Å²) >= 11 is 0. The van der Waals surface area contributed by atoms with Crippen molar-refractivity contribution in [2.75, 3.05) is 6.61 Å². The lowest BCUT2D eigenvalue weighted by atomic mass is 9.61. The molecule has 2 N–H and O–H groups in total. The molecule has 228 valence electrons. The highest BCUT2D eigenvalue weighted by molar-refractivity contribution is 5.35. The fourth-order valence-corrected chi connectivity index (χ4v) is 5.63. The normalized spacial score (nSPS) is 19.8. The average Bonchev–Trinajstić information content (AvgIpc) is 3.36. The van der Waals surface area contributed by atoms with Crippen molar-refractivity contribution in [2.24, 2.45) is 0 Å². The molecule has 0 aliphatic heterocycles. The van der Waals surface area contributed by atoms with Gasteiger partial charge in [0.15, 0.2) is 0 Å². The molecule has 1 heterocycles. The number of aromatic amines is 2. The summed E-state index contributed by atoms with van der Waals surface area (Å²) in [6, 6.07) is 20.9. The molecule has 5 rings (SSSR count). The van der Waals surface area contributed by atoms with Gasteiger partial charge in [-0.25, -0.2) is 9.89 Å². The van der Waals surface area contributed by atoms with Crippen molar-refractivity contribution in [3.05, 3.63) is 123 Å². The third kappa shape index (κ3) is 7.19. The van der Waals surface area contributed by atoms with Crippen LogP contribution in [0.1, 0.15) is 59.5 Å². The number of hydrogen-bond donors (Lipinski definition) is 2. The van der Waals surface area contributed by atoms with Crippen LogP contribution >= 0.6 is 0 Å². The van der Waals surface area contributed by atoms with Crippen LogP contribution in [0.4, 0.5) is 26.3 Å². The summed E-state index contributed by atoms with van der Waals surface area (Å²) in [6.07, 6.45) is -9.69. The minimum Gasteiger partial charge on any atom is -0.373 e. The minimum absolute atomic E-state index is 0.0323. The highest BCUT2D eigenvalue weighted by Gasteiger charge is 2.48. The van der Waals surface area contributed by atoms with Crippen LogP contribution in [-0.2, 0) is 35.6 Å². The third-order valence-corrected chi connectivity index (χ3v) is 7.98. The first-order valence-electron chi connectivity index (χ1n) is 13.7. The molecule has 12 heteroatoms. The zero-order chi connectivity index (χ0) is 30.8. The molecule has 43 heavy (non-hydrogen) atoms. The number of nitrogens with zero attached hydrogens (tertiary/aromatic N) is 2. The standard InChI is InChI=1S/C31H30F6N4O2/c1-20(22-12-24(30(32,33)34)14-25(13-22)31(35,36)37)43-19-29(23-10-6-3-7-11-23)15-26(16-29)41(17-21-8-4-2-5-9-21)18-27-38-28(42)40-39-27/h2-14,20,26H,15-19H2,1H3,(H2,38,39,40,42). The van der Waals surface area contributed by atoms with Gasteiger partial charge in [0.05, 0.1) is 30.4 Å². The number of halogens is 6. The summed E-state index contributed by atoms with van der Waals surface area (Å²) in [5.41, 5.74) is -1.85. The lowest BCUT2D eigenvalue weighted by Crippen LogP contribution is -2.55. The monoisotopic (exact) mass is 604 g/mol. The summed E-state index contributed by atoms with van der Waals surface area (Å²) < 4.78 is 86.8. The van der Waals surface area contributed by atoms with Gasteiger partial charge in [-0.2, -0.15) is 31.4 Å². The van der Waals surface area contributed by atoms with Gasteiger partial charge < -0.3 is 4.74 Å². The Morgan fingerprint density at radius 3 is 2.02 bits per heavy atom. The predicted octanol–water partition coefficient (Wildman–Crippen LogP) is 7.02. The van der Waals surface area contributed by atoms with Crippen LogP contribution in [0, 0.1) is 0 Å². The SMILES string of the molecule is CC(OCC1(c2ccccc2)CC(N(Cc2ccccc2)Cc2n[nH]c(=O)[nH]2)C1)c1cc(C(F)(F)F)cc(C(F)(F)F)c1. The van der Waals surface area contributed by atoms with E-state index >= 15 is 0 Å². The second-order valence-electron chi connectivity index (χ2n) is 11.0. The summed E-state index contributed by atoms with van der Waals surface area (Å²) in [5.74, 6) is 0.480. The van der Waals surface area contributed by atoms with Crippen molar-refractivity contribution >= 4 is 0 Å². The molecule has 0 saturated heterocycles. The molecule has 1 fully saturated rings. The van der Waals surface area contributed by atoms with E-state index in [0.717, 1.165) is 11.1 Å². The van der Waals surface area contributed by atoms with Crippen molar-refractivity contribution in [2.45, 2.75) is 62.8 Å². The molecular formula is C31H30F6N4O2. The van der Waals surface area contributed by atoms with E-state index in [4.69, 9.17) is 4.74 Å². The fourth-order valence-electron chi connectivity index (χ4n) is 5.63. The third-order valence-electron chi connectivity index (χ3n) is 7.98. The van der Waals surface area contributed by atoms with Crippen LogP contribution in [0.15, 0.2) is 83.7 Å². The highest BCUT2D eigenvalue weighted by atomic mass is 19.4. The van der Waals surface area contributed by atoms with Gasteiger partial charge in [-0.15, -0.1) is 0 Å². The summed E-state index contributed by atoms with van der Waals surface area (Å²) in [5, 5.41) is 6.44. The first kappa shape index (κ1) is 30.6. The number of alkyl halides is 6. The van der Waals surface area contributed by atoms with Crippen LogP contribution < -0.4 is 5.69 Å². The molecule has 1 aromatic heterocycles. The van der Waals surface area contributed by atoms with Gasteiger partial charge in [0.25, 0.3) is 0 Å². The first-order valence-corrected chi connectivity index (χ1v) is 13.7. The molecule has 1 unspecified atom stereocenters. The molecule has 4 aromatic rings. The van der Waals surface area contributed by atoms with E-state index in [1.165, 1.54) is 6.92 Å². The molecule has 3 aromatic carbocycles. The van der Waals surface area contributed by atoms with Gasteiger partial charge in [-0.3, -0.25) is 9.88 Å². The Morgan fingerprint density at radius 1 is 0.907 bits per heavy atom. The van der Waals surface area contributed by atoms with E-state index in [-0.39, 0.29) is 24.3 Å². The maximum Gasteiger partial charge on any atom is 0.416 e. The number of benzene rings is 3. The van der Waals surface area contributed by atoms with E-state index in [1.807, 2.05) is 60.7 Å². The topological polar surface area (TPSA) is 74.0 Å². The zero-order valence-electron chi connectivity index (χ0n) is 23.2. The molecule has 6 nitrogen and oxygen atoms in total. The maximum absolute atomic E-state index is 13.5. The number of H-pyrrole nitrogens is 2. The van der Waals surface area contributed by atoms with Crippen molar-refractivity contribution in [1.82, 2.24) is 20.1 Å². The number of hydrogen-bond acceptors (Lipinski definition) is 4. The Kier molecular flexibility index (Phi) is 8.53. The lowest BCUT2D eigenvalue weighted by Gasteiger charge is -2.52. The van der Waals surface area contributed by atoms with Crippen molar-refractivity contribution in [1.29, 1.82) is 0 Å². The van der Waals surface area contributed by atoms with E-state index < -0.39 is 40.7 Å². The Balaban J connectivity index is 1.38. The van der Waals surface area contributed by atoms with Gasteiger partial charge in [0.1, 0.15) is 5.82 Å². The maximum atomic E-state index is 13.5. The molecular weight excluding hydrogens is 574 g/mol.